The molecule has 4 atom stereocenters. The fourth-order valence-electron chi connectivity index (χ4n) is 5.24. The largest absolute Gasteiger partial charge is 0.481 e. The average Bonchev–Trinajstić information content (AvgIpc) is 3.12. The topological polar surface area (TPSA) is 379 Å². The van der Waals surface area contributed by atoms with Crippen LogP contribution in [0.3, 0.4) is 0 Å². The predicted octanol–water partition coefficient (Wildman–Crippen LogP) is -1.70. The first-order valence-electron chi connectivity index (χ1n) is 18.5. The number of hydrogen-bond acceptors (Lipinski definition) is 12. The van der Waals surface area contributed by atoms with Gasteiger partial charge in [0.05, 0.1) is 37.1 Å². The fourth-order valence-corrected chi connectivity index (χ4v) is 5.24. The van der Waals surface area contributed by atoms with Crippen molar-refractivity contribution < 1.29 is 58.5 Å². The average molecular weight is 798 g/mol. The number of nitrogens with one attached hydrogen (secondary N) is 3. The van der Waals surface area contributed by atoms with E-state index in [2.05, 4.69) is 25.9 Å². The number of carbonyl (C=O) groups excluding carboxylic acids is 7. The SMILES string of the molecule is CCCCCC(=O)CCC(=O)NC(CCCN=C(N)N)C(=O)CCC(=O)NC(CCCN=C(N)N)C(=O)CCC(=O)NC(CC(=O)O)C(=O)CC(CO)C(=O)O. The highest BCUT2D eigenvalue weighted by Crippen LogP contribution is 2.12. The molecular weight excluding hydrogens is 738 g/mol. The molecule has 0 aromatic heterocycles. The number of carbonyl (C=O) groups is 9. The van der Waals surface area contributed by atoms with Crippen LogP contribution < -0.4 is 38.9 Å². The fraction of sp³-hybridized carbons (Fsp3) is 0.686. The zero-order valence-electron chi connectivity index (χ0n) is 32.0. The second-order valence-electron chi connectivity index (χ2n) is 13.2. The van der Waals surface area contributed by atoms with E-state index in [1.807, 2.05) is 6.92 Å². The number of amides is 3. The Morgan fingerprint density at radius 3 is 1.39 bits per heavy atom. The van der Waals surface area contributed by atoms with Crippen molar-refractivity contribution in [2.45, 2.75) is 128 Å². The van der Waals surface area contributed by atoms with E-state index in [9.17, 15) is 53.4 Å². The lowest BCUT2D eigenvalue weighted by atomic mass is 9.97. The third-order valence-corrected chi connectivity index (χ3v) is 8.35. The van der Waals surface area contributed by atoms with Gasteiger partial charge in [-0.3, -0.25) is 53.1 Å². The molecule has 0 saturated heterocycles. The molecule has 0 fully saturated rings. The molecule has 0 aromatic carbocycles. The molecule has 0 bridgehead atoms. The van der Waals surface area contributed by atoms with E-state index >= 15 is 0 Å². The van der Waals surface area contributed by atoms with Gasteiger partial charge in [-0.05, 0) is 32.1 Å². The summed E-state index contributed by atoms with van der Waals surface area (Å²) in [7, 11) is 0. The van der Waals surface area contributed by atoms with Crippen molar-refractivity contribution in [2.24, 2.45) is 38.8 Å². The molecule has 0 saturated carbocycles. The van der Waals surface area contributed by atoms with E-state index < -0.39 is 103 Å². The highest BCUT2D eigenvalue weighted by molar-refractivity contribution is 5.96. The number of aliphatic hydroxyl groups excluding tert-OH is 1. The Morgan fingerprint density at radius 1 is 0.554 bits per heavy atom. The highest BCUT2D eigenvalue weighted by Gasteiger charge is 2.30. The van der Waals surface area contributed by atoms with E-state index in [0.29, 0.717) is 12.8 Å². The quantitative estimate of drug-likeness (QED) is 0.0201. The summed E-state index contributed by atoms with van der Waals surface area (Å²) in [5.41, 5.74) is 21.4. The molecule has 0 radical (unpaired) electrons. The Balaban J connectivity index is 5.59. The van der Waals surface area contributed by atoms with Gasteiger partial charge in [0, 0.05) is 64.5 Å². The van der Waals surface area contributed by atoms with Crippen molar-refractivity contribution >= 4 is 64.7 Å². The lowest BCUT2D eigenvalue weighted by Crippen LogP contribution is -2.45. The van der Waals surface area contributed by atoms with Crippen LogP contribution in [0.25, 0.3) is 0 Å². The number of ketones is 4. The number of rotatable bonds is 33. The molecule has 0 spiro atoms. The Labute approximate surface area is 325 Å². The highest BCUT2D eigenvalue weighted by atomic mass is 16.4. The molecule has 21 nitrogen and oxygen atoms in total. The van der Waals surface area contributed by atoms with Gasteiger partial charge in [0.1, 0.15) is 5.78 Å². The van der Waals surface area contributed by atoms with Gasteiger partial charge in [0.15, 0.2) is 29.3 Å². The summed E-state index contributed by atoms with van der Waals surface area (Å²) < 4.78 is 0. The number of nitrogens with zero attached hydrogens (tertiary/aromatic N) is 2. The van der Waals surface area contributed by atoms with Gasteiger partial charge in [-0.25, -0.2) is 0 Å². The summed E-state index contributed by atoms with van der Waals surface area (Å²) >= 11 is 0. The standard InChI is InChI=1S/C35H59N9O12/c1-2-3-4-7-22(46)10-13-29(50)42-23(8-5-16-40-34(36)37)26(47)11-14-30(51)43-24(9-6-17-41-35(38)39)27(48)12-15-31(52)44-25(19-32(53)54)28(49)18-21(20-45)33(55)56/h21,23-25,45H,2-20H2,1H3,(H,42,50)(H,43,51)(H,44,52)(H,53,54)(H,55,56)(H4,36,37,40)(H4,38,39,41). The molecule has 21 heteroatoms. The Hall–Kier alpha value is -5.47. The van der Waals surface area contributed by atoms with Crippen molar-refractivity contribution in [3.8, 4) is 0 Å². The molecule has 14 N–H and O–H groups in total. The second-order valence-corrected chi connectivity index (χ2v) is 13.2. The number of carboxylic acids is 2. The minimum Gasteiger partial charge on any atom is -0.481 e. The van der Waals surface area contributed by atoms with Gasteiger partial charge in [-0.2, -0.15) is 0 Å². The van der Waals surface area contributed by atoms with Crippen LogP contribution in [0.1, 0.15) is 110 Å². The molecule has 0 aromatic rings. The lowest BCUT2D eigenvalue weighted by molar-refractivity contribution is -0.146. The molecule has 0 aliphatic heterocycles. The number of nitrogens with two attached hydrogens (primary N) is 4. The van der Waals surface area contributed by atoms with E-state index in [1.165, 1.54) is 0 Å². The number of aliphatic imine (C=N–C) groups is 2. The first kappa shape index (κ1) is 50.5. The number of unbranched alkanes of at least 4 members (excludes halogenated alkanes) is 2. The van der Waals surface area contributed by atoms with E-state index in [-0.39, 0.29) is 75.7 Å². The van der Waals surface area contributed by atoms with Crippen molar-refractivity contribution in [3.05, 3.63) is 0 Å². The van der Waals surface area contributed by atoms with Crippen LogP contribution >= 0.6 is 0 Å². The summed E-state index contributed by atoms with van der Waals surface area (Å²) in [5.74, 6) is -9.07. The van der Waals surface area contributed by atoms with Crippen LogP contribution in [-0.2, 0) is 43.2 Å². The molecular formula is C35H59N9O12. The maximum atomic E-state index is 13.2. The molecule has 3 amide bonds. The van der Waals surface area contributed by atoms with Gasteiger partial charge in [-0.1, -0.05) is 19.8 Å². The monoisotopic (exact) mass is 797 g/mol. The minimum absolute atomic E-state index is 0.0198. The summed E-state index contributed by atoms with van der Waals surface area (Å²) in [5, 5.41) is 34.9. The summed E-state index contributed by atoms with van der Waals surface area (Å²) in [6.45, 7) is 1.38. The van der Waals surface area contributed by atoms with Crippen LogP contribution in [0.5, 0.6) is 0 Å². The first-order chi connectivity index (χ1) is 26.4. The van der Waals surface area contributed by atoms with Gasteiger partial charge in [-0.15, -0.1) is 0 Å². The number of hydrogen-bond donors (Lipinski definition) is 10. The minimum atomic E-state index is -1.63. The molecule has 56 heavy (non-hydrogen) atoms. The number of aliphatic hydroxyl groups is 1. The van der Waals surface area contributed by atoms with Crippen molar-refractivity contribution in [1.29, 1.82) is 0 Å². The summed E-state index contributed by atoms with van der Waals surface area (Å²) in [6.07, 6.45) is 0.196. The van der Waals surface area contributed by atoms with Crippen LogP contribution in [0.15, 0.2) is 9.98 Å². The second kappa shape index (κ2) is 28.9. The van der Waals surface area contributed by atoms with Gasteiger partial charge < -0.3 is 54.2 Å². The van der Waals surface area contributed by atoms with Crippen molar-refractivity contribution in [1.82, 2.24) is 16.0 Å². The predicted molar refractivity (Wildman–Crippen MR) is 203 cm³/mol. The van der Waals surface area contributed by atoms with Crippen LogP contribution in [0, 0.1) is 5.92 Å². The van der Waals surface area contributed by atoms with Crippen LogP contribution in [0.2, 0.25) is 0 Å². The van der Waals surface area contributed by atoms with Gasteiger partial charge in [0.25, 0.3) is 0 Å². The molecule has 0 aliphatic rings. The summed E-state index contributed by atoms with van der Waals surface area (Å²) in [4.78, 5) is 120. The zero-order valence-corrected chi connectivity index (χ0v) is 32.0. The Morgan fingerprint density at radius 2 is 1.00 bits per heavy atom. The molecule has 0 rings (SSSR count). The maximum Gasteiger partial charge on any atom is 0.309 e. The third-order valence-electron chi connectivity index (χ3n) is 8.35. The maximum absolute atomic E-state index is 13.2. The number of carboxylic acid groups (broad SMARTS) is 2. The lowest BCUT2D eigenvalue weighted by Gasteiger charge is -2.20. The van der Waals surface area contributed by atoms with E-state index in [4.69, 9.17) is 28.0 Å². The number of guanidine groups is 2. The Kier molecular flexibility index (Phi) is 26.1. The summed E-state index contributed by atoms with van der Waals surface area (Å²) in [6, 6.07) is -3.80. The zero-order chi connectivity index (χ0) is 42.6. The molecule has 0 heterocycles. The van der Waals surface area contributed by atoms with Gasteiger partial charge in [0.2, 0.25) is 17.7 Å². The first-order valence-corrected chi connectivity index (χ1v) is 18.5. The van der Waals surface area contributed by atoms with Crippen molar-refractivity contribution in [2.75, 3.05) is 19.7 Å². The molecule has 4 unspecified atom stereocenters. The Bertz CT molecular complexity index is 1410. The van der Waals surface area contributed by atoms with Crippen molar-refractivity contribution in [3.63, 3.8) is 0 Å². The van der Waals surface area contributed by atoms with Gasteiger partial charge >= 0.3 is 11.9 Å². The normalized spacial score (nSPS) is 12.8. The van der Waals surface area contributed by atoms with Crippen LogP contribution in [-0.4, -0.2) is 118 Å². The molecule has 0 aliphatic carbocycles. The smallest absolute Gasteiger partial charge is 0.309 e. The van der Waals surface area contributed by atoms with Crippen LogP contribution in [0.4, 0.5) is 0 Å². The van der Waals surface area contributed by atoms with E-state index in [1.54, 1.807) is 0 Å². The van der Waals surface area contributed by atoms with E-state index in [0.717, 1.165) is 19.3 Å². The number of Topliss-reactive ketones (excluding diaryl/α,β-unsaturated/α-hetero) is 4. The third kappa shape index (κ3) is 24.8. The molecule has 316 valence electrons. The number of aliphatic carboxylic acids is 2.